The summed E-state index contributed by atoms with van der Waals surface area (Å²) in [5, 5.41) is 10.4. The first-order chi connectivity index (χ1) is 9.93. The van der Waals surface area contributed by atoms with Crippen LogP contribution in [0, 0.1) is 0 Å². The number of hydrogen-bond donors (Lipinski definition) is 0. The van der Waals surface area contributed by atoms with Crippen LogP contribution in [-0.2, 0) is 9.47 Å². The summed E-state index contributed by atoms with van der Waals surface area (Å²) in [5.74, 6) is 0. The number of fused-ring (bicyclic) bond motifs is 2. The molecule has 0 radical (unpaired) electrons. The van der Waals surface area contributed by atoms with Crippen LogP contribution in [0.1, 0.15) is 38.5 Å². The number of hydrogen-bond acceptors (Lipinski definition) is 6. The van der Waals surface area contributed by atoms with Gasteiger partial charge in [0.05, 0.1) is 25.5 Å². The lowest BCUT2D eigenvalue weighted by atomic mass is 10.0. The van der Waals surface area contributed by atoms with Gasteiger partial charge in [0.1, 0.15) is 12.5 Å². The smallest absolute Gasteiger partial charge is 0.125 e. The van der Waals surface area contributed by atoms with Crippen molar-refractivity contribution in [2.75, 3.05) is 26.3 Å². The Morgan fingerprint density at radius 1 is 0.650 bits per heavy atom. The van der Waals surface area contributed by atoms with Crippen molar-refractivity contribution in [3.05, 3.63) is 0 Å². The second-order valence-electron chi connectivity index (χ2n) is 6.56. The van der Waals surface area contributed by atoms with Crippen molar-refractivity contribution >= 4 is 0 Å². The van der Waals surface area contributed by atoms with Crippen LogP contribution >= 0.6 is 0 Å². The van der Waals surface area contributed by atoms with Gasteiger partial charge in [-0.2, -0.15) is 10.0 Å². The average Bonchev–Trinajstić information content (AvgIpc) is 2.52. The molecule has 0 aromatic rings. The number of ether oxygens (including phenoxy) is 2. The Balaban J connectivity index is 1.55. The Morgan fingerprint density at radius 3 is 1.65 bits per heavy atom. The van der Waals surface area contributed by atoms with Crippen LogP contribution in [-0.4, -0.2) is 71.1 Å². The summed E-state index contributed by atoms with van der Waals surface area (Å²) in [5.41, 5.74) is 0. The average molecular weight is 280 g/mol. The predicted molar refractivity (Wildman–Crippen MR) is 71.8 cm³/mol. The van der Waals surface area contributed by atoms with Crippen molar-refractivity contribution in [1.29, 1.82) is 0 Å². The van der Waals surface area contributed by atoms with E-state index in [1.165, 1.54) is 38.5 Å². The summed E-state index contributed by atoms with van der Waals surface area (Å²) >= 11 is 0. The fraction of sp³-hybridized carbons (Fsp3) is 1.00. The van der Waals surface area contributed by atoms with Gasteiger partial charge in [-0.1, -0.05) is 0 Å². The molecule has 6 heteroatoms. The van der Waals surface area contributed by atoms with Crippen LogP contribution in [0.4, 0.5) is 0 Å². The summed E-state index contributed by atoms with van der Waals surface area (Å²) in [6.45, 7) is 3.83. The Morgan fingerprint density at radius 2 is 1.15 bits per heavy atom. The second kappa shape index (κ2) is 4.63. The van der Waals surface area contributed by atoms with E-state index in [9.17, 15) is 0 Å². The van der Waals surface area contributed by atoms with E-state index in [-0.39, 0.29) is 0 Å². The minimum absolute atomic E-state index is 0.313. The zero-order valence-electron chi connectivity index (χ0n) is 12.0. The van der Waals surface area contributed by atoms with Crippen LogP contribution in [0.25, 0.3) is 0 Å². The van der Waals surface area contributed by atoms with Crippen LogP contribution < -0.4 is 0 Å². The predicted octanol–water partition coefficient (Wildman–Crippen LogP) is 0.771. The van der Waals surface area contributed by atoms with Gasteiger partial charge in [-0.3, -0.25) is 0 Å². The number of rotatable bonds is 0. The van der Waals surface area contributed by atoms with Crippen molar-refractivity contribution in [3.63, 3.8) is 0 Å². The molecule has 0 aromatic heterocycles. The third-order valence-corrected chi connectivity index (χ3v) is 5.57. The Kier molecular flexibility index (Phi) is 2.85. The molecule has 5 aliphatic rings. The molecule has 112 valence electrons. The first-order valence-corrected chi connectivity index (χ1v) is 8.26. The molecular formula is C14H24N4O2. The standard InChI is InChI=1S/C14H24N4O2/c1-3-11-15-7-10-20-14-6-2-4-12(18(14)15)16-8-9-19-13(5-1)17(11)16/h11-14H,1-10H2/t11-,12-,13-,14-/m0/s1. The largest absolute Gasteiger partial charge is 0.360 e. The molecule has 5 fully saturated rings. The van der Waals surface area contributed by atoms with E-state index >= 15 is 0 Å². The van der Waals surface area contributed by atoms with Gasteiger partial charge in [0.25, 0.3) is 0 Å². The molecule has 5 aliphatic heterocycles. The highest BCUT2D eigenvalue weighted by atomic mass is 16.5. The molecule has 5 heterocycles. The highest BCUT2D eigenvalue weighted by molar-refractivity contribution is 4.93. The zero-order chi connectivity index (χ0) is 13.1. The lowest BCUT2D eigenvalue weighted by Crippen LogP contribution is -2.81. The van der Waals surface area contributed by atoms with Gasteiger partial charge in [0, 0.05) is 13.1 Å². The van der Waals surface area contributed by atoms with Crippen LogP contribution in [0.15, 0.2) is 0 Å². The Labute approximate surface area is 120 Å². The molecular weight excluding hydrogens is 256 g/mol. The van der Waals surface area contributed by atoms with Gasteiger partial charge in [-0.25, -0.2) is 10.0 Å². The van der Waals surface area contributed by atoms with E-state index in [1.807, 2.05) is 0 Å². The molecule has 0 unspecified atom stereocenters. The van der Waals surface area contributed by atoms with Crippen molar-refractivity contribution in [2.24, 2.45) is 0 Å². The Bertz CT molecular complexity index is 327. The highest BCUT2D eigenvalue weighted by Crippen LogP contribution is 2.42. The summed E-state index contributed by atoms with van der Waals surface area (Å²) in [6, 6.07) is 0. The number of piperidine rings is 2. The van der Waals surface area contributed by atoms with Gasteiger partial charge in [-0.05, 0) is 38.5 Å². The molecule has 20 heavy (non-hydrogen) atoms. The monoisotopic (exact) mass is 280 g/mol. The minimum atomic E-state index is 0.313. The molecule has 0 spiro atoms. The lowest BCUT2D eigenvalue weighted by Gasteiger charge is -2.66. The Hall–Kier alpha value is -0.240. The maximum Gasteiger partial charge on any atom is 0.125 e. The molecule has 0 amide bonds. The maximum atomic E-state index is 6.04. The van der Waals surface area contributed by atoms with E-state index in [4.69, 9.17) is 9.47 Å². The van der Waals surface area contributed by atoms with E-state index in [1.54, 1.807) is 0 Å². The highest BCUT2D eigenvalue weighted by Gasteiger charge is 2.54. The number of nitrogens with zero attached hydrogens (tertiary/aromatic N) is 4. The molecule has 0 N–H and O–H groups in total. The van der Waals surface area contributed by atoms with Crippen molar-refractivity contribution in [1.82, 2.24) is 20.0 Å². The quantitative estimate of drug-likeness (QED) is 0.651. The fourth-order valence-corrected chi connectivity index (χ4v) is 4.83. The minimum Gasteiger partial charge on any atom is -0.360 e. The van der Waals surface area contributed by atoms with Crippen LogP contribution in [0.3, 0.4) is 0 Å². The van der Waals surface area contributed by atoms with Gasteiger partial charge in [0.15, 0.2) is 0 Å². The third kappa shape index (κ3) is 1.60. The summed E-state index contributed by atoms with van der Waals surface area (Å²) < 4.78 is 12.1. The molecule has 6 nitrogen and oxygen atoms in total. The second-order valence-corrected chi connectivity index (χ2v) is 6.56. The first kappa shape index (κ1) is 12.3. The molecule has 0 aromatic carbocycles. The molecule has 5 rings (SSSR count). The molecule has 0 saturated carbocycles. The van der Waals surface area contributed by atoms with Crippen molar-refractivity contribution in [2.45, 2.75) is 63.3 Å². The van der Waals surface area contributed by atoms with Crippen molar-refractivity contribution < 1.29 is 9.47 Å². The van der Waals surface area contributed by atoms with E-state index in [0.717, 1.165) is 26.3 Å². The number of hydrazine groups is 2. The topological polar surface area (TPSA) is 31.4 Å². The van der Waals surface area contributed by atoms with E-state index in [0.29, 0.717) is 24.8 Å². The first-order valence-electron chi connectivity index (χ1n) is 8.26. The summed E-state index contributed by atoms with van der Waals surface area (Å²) in [7, 11) is 0. The van der Waals surface area contributed by atoms with Gasteiger partial charge in [0.2, 0.25) is 0 Å². The molecule has 0 aliphatic carbocycles. The summed E-state index contributed by atoms with van der Waals surface area (Å²) in [4.78, 5) is 0. The van der Waals surface area contributed by atoms with Crippen molar-refractivity contribution in [3.8, 4) is 0 Å². The van der Waals surface area contributed by atoms with E-state index < -0.39 is 0 Å². The SMILES string of the molecule is C1C[C@@H]2OCCN3[C@@H]4CCC[C@@H]5OCCN([C@H](C1)N23)N54. The normalized spacial score (nSPS) is 46.8. The van der Waals surface area contributed by atoms with Crippen LogP contribution in [0.2, 0.25) is 0 Å². The van der Waals surface area contributed by atoms with Crippen LogP contribution in [0.5, 0.6) is 0 Å². The van der Waals surface area contributed by atoms with Gasteiger partial charge in [-0.15, -0.1) is 0 Å². The molecule has 5 saturated heterocycles. The molecule has 0 bridgehead atoms. The zero-order valence-corrected chi connectivity index (χ0v) is 12.0. The van der Waals surface area contributed by atoms with E-state index in [2.05, 4.69) is 20.0 Å². The van der Waals surface area contributed by atoms with Gasteiger partial charge >= 0.3 is 0 Å². The molecule has 4 atom stereocenters. The third-order valence-electron chi connectivity index (χ3n) is 5.57. The summed E-state index contributed by atoms with van der Waals surface area (Å²) in [6.07, 6.45) is 9.06. The maximum absolute atomic E-state index is 6.04. The lowest BCUT2D eigenvalue weighted by molar-refractivity contribution is -0.413. The fourth-order valence-electron chi connectivity index (χ4n) is 4.83. The van der Waals surface area contributed by atoms with Gasteiger partial charge < -0.3 is 9.47 Å².